The Labute approximate surface area is 190 Å². The fourth-order valence-electron chi connectivity index (χ4n) is 4.09. The Morgan fingerprint density at radius 1 is 1.19 bits per heavy atom. The molecule has 2 amide bonds. The minimum absolute atomic E-state index is 0.0646. The van der Waals surface area contributed by atoms with Gasteiger partial charge in [-0.3, -0.25) is 14.5 Å². The van der Waals surface area contributed by atoms with Crippen LogP contribution in [-0.2, 0) is 9.59 Å². The van der Waals surface area contributed by atoms with Crippen molar-refractivity contribution in [3.8, 4) is 5.75 Å². The van der Waals surface area contributed by atoms with E-state index < -0.39 is 0 Å². The van der Waals surface area contributed by atoms with E-state index in [1.165, 1.54) is 0 Å². The lowest BCUT2D eigenvalue weighted by Crippen LogP contribution is -2.37. The molecule has 0 aliphatic carbocycles. The zero-order valence-electron chi connectivity index (χ0n) is 19.2. The van der Waals surface area contributed by atoms with Gasteiger partial charge in [-0.25, -0.2) is 0 Å². The van der Waals surface area contributed by atoms with Crippen molar-refractivity contribution >= 4 is 23.6 Å². The van der Waals surface area contributed by atoms with Crippen LogP contribution in [0.15, 0.2) is 54.6 Å². The molecule has 0 saturated carbocycles. The molecule has 6 heteroatoms. The summed E-state index contributed by atoms with van der Waals surface area (Å²) in [5, 5.41) is 3.04. The summed E-state index contributed by atoms with van der Waals surface area (Å²) in [5.41, 5.74) is 2.95. The largest absolute Gasteiger partial charge is 0.497 e. The van der Waals surface area contributed by atoms with Gasteiger partial charge in [0.1, 0.15) is 5.75 Å². The summed E-state index contributed by atoms with van der Waals surface area (Å²) in [6, 6.07) is 15.8. The smallest absolute Gasteiger partial charge is 0.244 e. The van der Waals surface area contributed by atoms with E-state index in [1.807, 2.05) is 47.4 Å². The lowest BCUT2D eigenvalue weighted by atomic mass is 10.0. The number of amides is 2. The number of carbonyl (C=O) groups is 2. The highest BCUT2D eigenvalue weighted by atomic mass is 16.5. The van der Waals surface area contributed by atoms with Crippen LogP contribution in [0.25, 0.3) is 6.08 Å². The Hall–Kier alpha value is -3.12. The predicted molar refractivity (Wildman–Crippen MR) is 129 cm³/mol. The highest BCUT2D eigenvalue weighted by molar-refractivity contribution is 5.95. The summed E-state index contributed by atoms with van der Waals surface area (Å²) in [5.74, 6) is 0.847. The minimum atomic E-state index is -0.135. The average molecular weight is 436 g/mol. The number of nitrogens with zero attached hydrogens (tertiary/aromatic N) is 2. The maximum absolute atomic E-state index is 12.5. The lowest BCUT2D eigenvalue weighted by Gasteiger charge is -2.30. The van der Waals surface area contributed by atoms with Crippen molar-refractivity contribution in [3.05, 3.63) is 65.7 Å². The molecule has 2 aromatic carbocycles. The molecule has 170 valence electrons. The van der Waals surface area contributed by atoms with E-state index in [9.17, 15) is 9.59 Å². The topological polar surface area (TPSA) is 61.9 Å². The lowest BCUT2D eigenvalue weighted by molar-refractivity contribution is -0.117. The van der Waals surface area contributed by atoms with E-state index in [2.05, 4.69) is 30.1 Å². The van der Waals surface area contributed by atoms with E-state index in [0.29, 0.717) is 13.0 Å². The number of nitrogens with one attached hydrogen (secondary N) is 1. The van der Waals surface area contributed by atoms with Crippen molar-refractivity contribution in [3.63, 3.8) is 0 Å². The molecule has 2 aromatic rings. The number of hydrogen-bond donors (Lipinski definition) is 1. The molecule has 0 spiro atoms. The van der Waals surface area contributed by atoms with Crippen LogP contribution in [0.5, 0.6) is 5.75 Å². The van der Waals surface area contributed by atoms with E-state index >= 15 is 0 Å². The molecule has 0 radical (unpaired) electrons. The first-order valence-corrected chi connectivity index (χ1v) is 11.3. The number of anilines is 1. The molecule has 1 aliphatic heterocycles. The van der Waals surface area contributed by atoms with Gasteiger partial charge in [-0.2, -0.15) is 0 Å². The van der Waals surface area contributed by atoms with Gasteiger partial charge in [0.2, 0.25) is 11.8 Å². The molecular weight excluding hydrogens is 402 g/mol. The Morgan fingerprint density at radius 3 is 2.56 bits per heavy atom. The third-order valence-electron chi connectivity index (χ3n) is 5.91. The number of carbonyl (C=O) groups excluding carboxylic acids is 2. The third kappa shape index (κ3) is 5.98. The molecule has 1 saturated heterocycles. The third-order valence-corrected chi connectivity index (χ3v) is 5.91. The van der Waals surface area contributed by atoms with Crippen LogP contribution in [0, 0.1) is 0 Å². The van der Waals surface area contributed by atoms with Crippen molar-refractivity contribution in [2.24, 2.45) is 0 Å². The molecule has 0 bridgehead atoms. The van der Waals surface area contributed by atoms with Crippen LogP contribution in [-0.4, -0.2) is 50.0 Å². The summed E-state index contributed by atoms with van der Waals surface area (Å²) in [4.78, 5) is 28.5. The van der Waals surface area contributed by atoms with E-state index in [4.69, 9.17) is 4.74 Å². The van der Waals surface area contributed by atoms with Crippen molar-refractivity contribution in [2.75, 3.05) is 38.2 Å². The Bertz CT molecular complexity index is 936. The van der Waals surface area contributed by atoms with Gasteiger partial charge in [-0.15, -0.1) is 0 Å². The molecular formula is C26H33N3O3. The van der Waals surface area contributed by atoms with Gasteiger partial charge in [-0.1, -0.05) is 38.1 Å². The molecule has 3 rings (SSSR count). The van der Waals surface area contributed by atoms with Crippen LogP contribution in [0.1, 0.15) is 43.9 Å². The SMILES string of the molecule is CCN(CC)[C@@H](CNC(=O)/C=C/c1ccc(N2CCCC2=O)cc1)c1cccc(OC)c1. The van der Waals surface area contributed by atoms with Crippen LogP contribution in [0.4, 0.5) is 5.69 Å². The molecule has 1 N–H and O–H groups in total. The highest BCUT2D eigenvalue weighted by Crippen LogP contribution is 2.24. The van der Waals surface area contributed by atoms with Gasteiger partial charge in [0.25, 0.3) is 0 Å². The van der Waals surface area contributed by atoms with Crippen molar-refractivity contribution < 1.29 is 14.3 Å². The van der Waals surface area contributed by atoms with Crippen molar-refractivity contribution in [2.45, 2.75) is 32.7 Å². The standard InChI is InChI=1S/C26H33N3O3/c1-4-28(5-2)24(21-8-6-9-23(18-21)32-3)19-27-25(30)16-13-20-11-14-22(15-12-20)29-17-7-10-26(29)31/h6,8-9,11-16,18,24H,4-5,7,10,17,19H2,1-3H3,(H,27,30)/b16-13+/t24-/m0/s1. The molecule has 1 heterocycles. The van der Waals surface area contributed by atoms with Crippen LogP contribution in [0.3, 0.4) is 0 Å². The second-order valence-electron chi connectivity index (χ2n) is 7.83. The monoisotopic (exact) mass is 435 g/mol. The van der Waals surface area contributed by atoms with Gasteiger partial charge >= 0.3 is 0 Å². The first kappa shape index (κ1) is 23.5. The molecule has 6 nitrogen and oxygen atoms in total. The van der Waals surface area contributed by atoms with E-state index in [0.717, 1.165) is 48.6 Å². The molecule has 1 aliphatic rings. The van der Waals surface area contributed by atoms with Gasteiger partial charge in [0, 0.05) is 31.3 Å². The van der Waals surface area contributed by atoms with Crippen LogP contribution < -0.4 is 15.0 Å². The first-order chi connectivity index (χ1) is 15.5. The summed E-state index contributed by atoms with van der Waals surface area (Å²) in [6.07, 6.45) is 4.88. The second kappa shape index (κ2) is 11.5. The number of ether oxygens (including phenoxy) is 1. The van der Waals surface area contributed by atoms with E-state index in [1.54, 1.807) is 19.3 Å². The average Bonchev–Trinajstić information content (AvgIpc) is 3.26. The Kier molecular flexibility index (Phi) is 8.45. The van der Waals surface area contributed by atoms with Gasteiger partial charge in [0.15, 0.2) is 0 Å². The number of hydrogen-bond acceptors (Lipinski definition) is 4. The predicted octanol–water partition coefficient (Wildman–Crippen LogP) is 4.03. The fraction of sp³-hybridized carbons (Fsp3) is 0.385. The summed E-state index contributed by atoms with van der Waals surface area (Å²) < 4.78 is 5.37. The molecule has 0 aromatic heterocycles. The maximum Gasteiger partial charge on any atom is 0.244 e. The zero-order chi connectivity index (χ0) is 22.9. The molecule has 1 fully saturated rings. The number of rotatable bonds is 10. The van der Waals surface area contributed by atoms with Gasteiger partial charge in [0.05, 0.1) is 13.2 Å². The zero-order valence-corrected chi connectivity index (χ0v) is 19.2. The minimum Gasteiger partial charge on any atom is -0.497 e. The van der Waals surface area contributed by atoms with Crippen LogP contribution >= 0.6 is 0 Å². The number of methoxy groups -OCH3 is 1. The Morgan fingerprint density at radius 2 is 1.94 bits per heavy atom. The summed E-state index contributed by atoms with van der Waals surface area (Å²) in [6.45, 7) is 7.30. The molecule has 32 heavy (non-hydrogen) atoms. The first-order valence-electron chi connectivity index (χ1n) is 11.3. The van der Waals surface area contributed by atoms with E-state index in [-0.39, 0.29) is 17.9 Å². The van der Waals surface area contributed by atoms with Crippen molar-refractivity contribution in [1.29, 1.82) is 0 Å². The van der Waals surface area contributed by atoms with Gasteiger partial charge < -0.3 is 15.0 Å². The normalized spacial score (nSPS) is 14.9. The molecule has 0 unspecified atom stereocenters. The van der Waals surface area contributed by atoms with Crippen LogP contribution in [0.2, 0.25) is 0 Å². The van der Waals surface area contributed by atoms with Gasteiger partial charge in [-0.05, 0) is 61.0 Å². The van der Waals surface area contributed by atoms with Crippen molar-refractivity contribution in [1.82, 2.24) is 10.2 Å². The summed E-state index contributed by atoms with van der Waals surface area (Å²) in [7, 11) is 1.66. The highest BCUT2D eigenvalue weighted by Gasteiger charge is 2.21. The number of likely N-dealkylation sites (N-methyl/N-ethyl adjacent to an activating group) is 1. The maximum atomic E-state index is 12.5. The Balaban J connectivity index is 1.61. The summed E-state index contributed by atoms with van der Waals surface area (Å²) >= 11 is 0. The number of benzene rings is 2. The molecule has 1 atom stereocenters. The second-order valence-corrected chi connectivity index (χ2v) is 7.83. The quantitative estimate of drug-likeness (QED) is 0.573. The fourth-order valence-corrected chi connectivity index (χ4v) is 4.09.